The van der Waals surface area contributed by atoms with Gasteiger partial charge in [-0.25, -0.2) is 4.98 Å². The zero-order chi connectivity index (χ0) is 11.3. The smallest absolute Gasteiger partial charge is 0.226 e. The third-order valence-electron chi connectivity index (χ3n) is 1.81. The molecule has 0 fully saturated rings. The van der Waals surface area contributed by atoms with E-state index in [1.807, 2.05) is 0 Å². The van der Waals surface area contributed by atoms with Crippen LogP contribution in [0, 0.1) is 0 Å². The van der Waals surface area contributed by atoms with Crippen molar-refractivity contribution in [1.82, 2.24) is 9.97 Å². The Morgan fingerprint density at radius 2 is 2.33 bits per heavy atom. The number of nitrogens with one attached hydrogen (secondary N) is 1. The first-order valence-electron chi connectivity index (χ1n) is 4.51. The third-order valence-corrected chi connectivity index (χ3v) is 1.81. The van der Waals surface area contributed by atoms with Gasteiger partial charge in [-0.15, -0.1) is 0 Å². The molecule has 1 rings (SSSR count). The van der Waals surface area contributed by atoms with Gasteiger partial charge in [-0.1, -0.05) is 0 Å². The van der Waals surface area contributed by atoms with Gasteiger partial charge in [0.2, 0.25) is 11.8 Å². The molecule has 0 aliphatic carbocycles. The monoisotopic (exact) mass is 213 g/mol. The Labute approximate surface area is 87.9 Å². The maximum absolute atomic E-state index is 9.51. The van der Waals surface area contributed by atoms with Gasteiger partial charge in [0.25, 0.3) is 0 Å². The van der Waals surface area contributed by atoms with Crippen LogP contribution in [0.15, 0.2) is 12.3 Å². The molecule has 0 bridgehead atoms. The van der Waals surface area contributed by atoms with Crippen molar-refractivity contribution in [3.63, 3.8) is 0 Å². The van der Waals surface area contributed by atoms with Crippen LogP contribution in [0.4, 0.5) is 5.95 Å². The van der Waals surface area contributed by atoms with Crippen molar-refractivity contribution in [1.29, 1.82) is 0 Å². The van der Waals surface area contributed by atoms with Gasteiger partial charge in [0, 0.05) is 18.8 Å². The summed E-state index contributed by atoms with van der Waals surface area (Å²) in [6.45, 7) is 1.35. The number of methoxy groups -OCH3 is 1. The molecule has 1 aromatic rings. The molecule has 0 aromatic carbocycles. The van der Waals surface area contributed by atoms with Gasteiger partial charge in [0.05, 0.1) is 13.7 Å². The number of aromatic nitrogens is 2. The van der Waals surface area contributed by atoms with Crippen LogP contribution in [0.25, 0.3) is 0 Å². The first kappa shape index (κ1) is 11.7. The maximum Gasteiger partial charge on any atom is 0.226 e. The van der Waals surface area contributed by atoms with Crippen molar-refractivity contribution in [3.05, 3.63) is 12.3 Å². The summed E-state index contributed by atoms with van der Waals surface area (Å²) in [5.41, 5.74) is -1.19. The molecule has 0 saturated carbocycles. The van der Waals surface area contributed by atoms with E-state index in [0.717, 1.165) is 0 Å². The molecule has 1 heterocycles. The molecule has 0 aliphatic rings. The molecular formula is C9H15N3O3. The topological polar surface area (TPSA) is 87.5 Å². The van der Waals surface area contributed by atoms with Crippen LogP contribution >= 0.6 is 0 Å². The van der Waals surface area contributed by atoms with E-state index in [1.165, 1.54) is 14.0 Å². The second kappa shape index (κ2) is 4.90. The summed E-state index contributed by atoms with van der Waals surface area (Å²) >= 11 is 0. The summed E-state index contributed by atoms with van der Waals surface area (Å²) < 4.78 is 4.91. The number of ether oxygens (including phenoxy) is 1. The largest absolute Gasteiger partial charge is 0.481 e. The van der Waals surface area contributed by atoms with Crippen LogP contribution in [0.1, 0.15) is 6.92 Å². The van der Waals surface area contributed by atoms with Crippen molar-refractivity contribution in [2.24, 2.45) is 0 Å². The minimum absolute atomic E-state index is 0.163. The Hall–Kier alpha value is -1.40. The fourth-order valence-electron chi connectivity index (χ4n) is 0.866. The summed E-state index contributed by atoms with van der Waals surface area (Å²) in [4.78, 5) is 7.92. The van der Waals surface area contributed by atoms with Crippen molar-refractivity contribution in [3.8, 4) is 5.88 Å². The van der Waals surface area contributed by atoms with E-state index >= 15 is 0 Å². The van der Waals surface area contributed by atoms with E-state index in [-0.39, 0.29) is 13.2 Å². The first-order chi connectivity index (χ1) is 7.07. The number of anilines is 1. The zero-order valence-electron chi connectivity index (χ0n) is 8.77. The highest BCUT2D eigenvalue weighted by atomic mass is 16.5. The predicted octanol–water partition coefficient (Wildman–Crippen LogP) is -0.360. The van der Waals surface area contributed by atoms with Crippen molar-refractivity contribution in [2.45, 2.75) is 12.5 Å². The molecule has 84 valence electrons. The van der Waals surface area contributed by atoms with E-state index < -0.39 is 5.60 Å². The second-order valence-electron chi connectivity index (χ2n) is 3.43. The fraction of sp³-hybridized carbons (Fsp3) is 0.556. The van der Waals surface area contributed by atoms with Gasteiger partial charge in [-0.05, 0) is 6.92 Å². The first-order valence-corrected chi connectivity index (χ1v) is 4.51. The fourth-order valence-corrected chi connectivity index (χ4v) is 0.866. The lowest BCUT2D eigenvalue weighted by atomic mass is 10.1. The normalized spacial score (nSPS) is 14.4. The average molecular weight is 213 g/mol. The second-order valence-corrected chi connectivity index (χ2v) is 3.43. The quantitative estimate of drug-likeness (QED) is 0.619. The van der Waals surface area contributed by atoms with E-state index in [2.05, 4.69) is 15.3 Å². The minimum atomic E-state index is -1.19. The molecule has 6 heteroatoms. The maximum atomic E-state index is 9.51. The Morgan fingerprint density at radius 3 is 2.93 bits per heavy atom. The van der Waals surface area contributed by atoms with E-state index in [9.17, 15) is 5.11 Å². The summed E-state index contributed by atoms with van der Waals surface area (Å²) in [5, 5.41) is 21.1. The summed E-state index contributed by atoms with van der Waals surface area (Å²) in [7, 11) is 1.51. The van der Waals surface area contributed by atoms with Gasteiger partial charge < -0.3 is 20.3 Å². The van der Waals surface area contributed by atoms with E-state index in [1.54, 1.807) is 12.3 Å². The van der Waals surface area contributed by atoms with Gasteiger partial charge in [0.15, 0.2) is 0 Å². The highest BCUT2D eigenvalue weighted by molar-refractivity contribution is 5.27. The molecule has 3 N–H and O–H groups in total. The summed E-state index contributed by atoms with van der Waals surface area (Å²) in [5.74, 6) is 0.791. The Kier molecular flexibility index (Phi) is 3.81. The Morgan fingerprint density at radius 1 is 1.60 bits per heavy atom. The summed E-state index contributed by atoms with van der Waals surface area (Å²) in [6.07, 6.45) is 1.54. The van der Waals surface area contributed by atoms with Crippen molar-refractivity contribution in [2.75, 3.05) is 25.6 Å². The van der Waals surface area contributed by atoms with Crippen molar-refractivity contribution >= 4 is 5.95 Å². The van der Waals surface area contributed by atoms with Crippen LogP contribution in [0.2, 0.25) is 0 Å². The van der Waals surface area contributed by atoms with Crippen LogP contribution in [0.3, 0.4) is 0 Å². The number of hydrogen-bond donors (Lipinski definition) is 3. The predicted molar refractivity (Wildman–Crippen MR) is 54.8 cm³/mol. The molecule has 1 atom stereocenters. The number of aliphatic hydroxyl groups is 2. The molecule has 0 amide bonds. The van der Waals surface area contributed by atoms with Crippen LogP contribution in [0.5, 0.6) is 5.88 Å². The number of aliphatic hydroxyl groups excluding tert-OH is 1. The van der Waals surface area contributed by atoms with Crippen LogP contribution < -0.4 is 10.1 Å². The molecule has 0 spiro atoms. The number of nitrogens with zero attached hydrogens (tertiary/aromatic N) is 2. The molecule has 6 nitrogen and oxygen atoms in total. The minimum Gasteiger partial charge on any atom is -0.481 e. The lowest BCUT2D eigenvalue weighted by Crippen LogP contribution is -2.37. The van der Waals surface area contributed by atoms with E-state index in [4.69, 9.17) is 9.84 Å². The standard InChI is InChI=1S/C9H15N3O3/c1-9(14,6-13)5-11-8-10-4-3-7(12-8)15-2/h3-4,13-14H,5-6H2,1-2H3,(H,10,11,12). The Balaban J connectivity index is 2.57. The number of hydrogen-bond acceptors (Lipinski definition) is 6. The molecule has 1 aromatic heterocycles. The summed E-state index contributed by atoms with van der Waals surface area (Å²) in [6, 6.07) is 1.62. The molecule has 0 aliphatic heterocycles. The van der Waals surface area contributed by atoms with Gasteiger partial charge in [-0.2, -0.15) is 4.98 Å². The SMILES string of the molecule is COc1ccnc(NCC(C)(O)CO)n1. The third kappa shape index (κ3) is 3.69. The van der Waals surface area contributed by atoms with E-state index in [0.29, 0.717) is 11.8 Å². The highest BCUT2D eigenvalue weighted by Gasteiger charge is 2.18. The lowest BCUT2D eigenvalue weighted by Gasteiger charge is -2.20. The molecule has 1 unspecified atom stereocenters. The molecule has 0 radical (unpaired) electrons. The van der Waals surface area contributed by atoms with Crippen LogP contribution in [-0.4, -0.2) is 46.0 Å². The number of rotatable bonds is 5. The van der Waals surface area contributed by atoms with Crippen molar-refractivity contribution < 1.29 is 14.9 Å². The van der Waals surface area contributed by atoms with Gasteiger partial charge >= 0.3 is 0 Å². The van der Waals surface area contributed by atoms with Crippen LogP contribution in [-0.2, 0) is 0 Å². The zero-order valence-corrected chi connectivity index (χ0v) is 8.77. The Bertz CT molecular complexity index is 317. The highest BCUT2D eigenvalue weighted by Crippen LogP contribution is 2.08. The van der Waals surface area contributed by atoms with Gasteiger partial charge in [-0.3, -0.25) is 0 Å². The molecular weight excluding hydrogens is 198 g/mol. The van der Waals surface area contributed by atoms with Gasteiger partial charge in [0.1, 0.15) is 5.60 Å². The molecule has 15 heavy (non-hydrogen) atoms. The molecule has 0 saturated heterocycles. The average Bonchev–Trinajstić information content (AvgIpc) is 2.27. The lowest BCUT2D eigenvalue weighted by molar-refractivity contribution is 0.0131.